The second kappa shape index (κ2) is 7.16. The van der Waals surface area contributed by atoms with Crippen LogP contribution in [-0.2, 0) is 11.3 Å². The summed E-state index contributed by atoms with van der Waals surface area (Å²) in [5.74, 6) is 1.93. The van der Waals surface area contributed by atoms with Crippen LogP contribution in [0.2, 0.25) is 0 Å². The van der Waals surface area contributed by atoms with E-state index < -0.39 is 0 Å². The van der Waals surface area contributed by atoms with E-state index in [0.717, 1.165) is 38.3 Å². The zero-order valence-electron chi connectivity index (χ0n) is 15.1. The van der Waals surface area contributed by atoms with Gasteiger partial charge in [-0.25, -0.2) is 0 Å². The Morgan fingerprint density at radius 1 is 1.48 bits per heavy atom. The van der Waals surface area contributed by atoms with E-state index in [1.165, 1.54) is 0 Å². The maximum absolute atomic E-state index is 12.7. The molecule has 1 saturated heterocycles. The zero-order chi connectivity index (χ0) is 17.2. The first-order valence-corrected chi connectivity index (χ1v) is 9.07. The standard InChI is InChI=1S/C17H30N4OS/c1-6-21-15(18-19-16(21)23)13-8-7-9-20(11-13)14(22)10-12(2)17(3,4)5/h12-13H,6-11H2,1-5H3,(H,19,23)/t12-,13-/m0/s1. The summed E-state index contributed by atoms with van der Waals surface area (Å²) in [6, 6.07) is 0. The van der Waals surface area contributed by atoms with E-state index in [1.807, 2.05) is 9.47 Å². The molecular weight excluding hydrogens is 308 g/mol. The lowest BCUT2D eigenvalue weighted by molar-refractivity contribution is -0.134. The lowest BCUT2D eigenvalue weighted by atomic mass is 9.80. The first-order chi connectivity index (χ1) is 10.7. The molecule has 0 spiro atoms. The molecule has 0 unspecified atom stereocenters. The van der Waals surface area contributed by atoms with Crippen LogP contribution in [0.5, 0.6) is 0 Å². The normalized spacial score (nSPS) is 20.6. The molecule has 0 aromatic carbocycles. The second-order valence-electron chi connectivity index (χ2n) is 7.78. The van der Waals surface area contributed by atoms with Gasteiger partial charge < -0.3 is 9.47 Å². The van der Waals surface area contributed by atoms with Gasteiger partial charge >= 0.3 is 0 Å². The third kappa shape index (κ3) is 4.22. The largest absolute Gasteiger partial charge is 0.342 e. The number of nitrogens with one attached hydrogen (secondary N) is 1. The quantitative estimate of drug-likeness (QED) is 0.851. The van der Waals surface area contributed by atoms with Gasteiger partial charge in [-0.2, -0.15) is 5.10 Å². The van der Waals surface area contributed by atoms with Gasteiger partial charge in [-0.15, -0.1) is 0 Å². The Balaban J connectivity index is 2.06. The average Bonchev–Trinajstić information content (AvgIpc) is 2.87. The molecule has 1 aliphatic heterocycles. The Labute approximate surface area is 144 Å². The molecule has 1 aromatic rings. The number of aromatic amines is 1. The van der Waals surface area contributed by atoms with E-state index in [0.29, 0.717) is 17.1 Å². The van der Waals surface area contributed by atoms with Crippen molar-refractivity contribution in [2.45, 2.75) is 66.3 Å². The van der Waals surface area contributed by atoms with Crippen LogP contribution >= 0.6 is 12.2 Å². The van der Waals surface area contributed by atoms with Crippen molar-refractivity contribution in [3.05, 3.63) is 10.6 Å². The highest BCUT2D eigenvalue weighted by Crippen LogP contribution is 2.30. The van der Waals surface area contributed by atoms with Crippen LogP contribution < -0.4 is 0 Å². The van der Waals surface area contributed by atoms with E-state index in [1.54, 1.807) is 0 Å². The summed E-state index contributed by atoms with van der Waals surface area (Å²) < 4.78 is 2.72. The molecule has 130 valence electrons. The summed E-state index contributed by atoms with van der Waals surface area (Å²) in [6.07, 6.45) is 2.72. The minimum absolute atomic E-state index is 0.162. The van der Waals surface area contributed by atoms with E-state index in [-0.39, 0.29) is 17.2 Å². The lowest BCUT2D eigenvalue weighted by Crippen LogP contribution is -2.41. The fourth-order valence-electron chi connectivity index (χ4n) is 3.06. The lowest BCUT2D eigenvalue weighted by Gasteiger charge is -2.35. The number of carbonyl (C=O) groups excluding carboxylic acids is 1. The third-order valence-electron chi connectivity index (χ3n) is 5.20. The number of nitrogens with zero attached hydrogens (tertiary/aromatic N) is 3. The zero-order valence-corrected chi connectivity index (χ0v) is 15.9. The minimum atomic E-state index is 0.162. The first kappa shape index (κ1) is 18.2. The molecule has 1 N–H and O–H groups in total. The number of hydrogen-bond acceptors (Lipinski definition) is 3. The van der Waals surface area contributed by atoms with Crippen molar-refractivity contribution in [1.82, 2.24) is 19.7 Å². The summed E-state index contributed by atoms with van der Waals surface area (Å²) >= 11 is 5.28. The van der Waals surface area contributed by atoms with Crippen molar-refractivity contribution in [1.29, 1.82) is 0 Å². The van der Waals surface area contributed by atoms with Crippen molar-refractivity contribution in [3.63, 3.8) is 0 Å². The van der Waals surface area contributed by atoms with Gasteiger partial charge in [-0.1, -0.05) is 27.7 Å². The van der Waals surface area contributed by atoms with Gasteiger partial charge in [0.1, 0.15) is 5.82 Å². The van der Waals surface area contributed by atoms with Crippen molar-refractivity contribution in [2.24, 2.45) is 11.3 Å². The van der Waals surface area contributed by atoms with E-state index in [9.17, 15) is 4.79 Å². The summed E-state index contributed by atoms with van der Waals surface area (Å²) in [5.41, 5.74) is 0.162. The fourth-order valence-corrected chi connectivity index (χ4v) is 3.33. The van der Waals surface area contributed by atoms with E-state index >= 15 is 0 Å². The molecule has 0 saturated carbocycles. The highest BCUT2D eigenvalue weighted by atomic mass is 32.1. The smallest absolute Gasteiger partial charge is 0.222 e. The Bertz CT molecular complexity index is 598. The molecule has 1 aromatic heterocycles. The van der Waals surface area contributed by atoms with E-state index in [2.05, 4.69) is 44.8 Å². The summed E-state index contributed by atoms with van der Waals surface area (Å²) in [7, 11) is 0. The van der Waals surface area contributed by atoms with Crippen LogP contribution in [0.4, 0.5) is 0 Å². The molecule has 0 aliphatic carbocycles. The van der Waals surface area contributed by atoms with Gasteiger partial charge in [-0.3, -0.25) is 9.89 Å². The number of hydrogen-bond donors (Lipinski definition) is 1. The van der Waals surface area contributed by atoms with Crippen molar-refractivity contribution in [2.75, 3.05) is 13.1 Å². The van der Waals surface area contributed by atoms with Crippen LogP contribution in [0.15, 0.2) is 0 Å². The average molecular weight is 339 g/mol. The molecule has 1 aliphatic rings. The molecule has 2 atom stereocenters. The SMILES string of the molecule is CCn1c([C@H]2CCCN(C(=O)C[C@H](C)C(C)(C)C)C2)n[nH]c1=S. The molecule has 1 fully saturated rings. The van der Waals surface area contributed by atoms with Gasteiger partial charge in [-0.05, 0) is 43.3 Å². The van der Waals surface area contributed by atoms with Crippen LogP contribution in [0, 0.1) is 16.1 Å². The molecule has 0 radical (unpaired) electrons. The number of rotatable bonds is 4. The first-order valence-electron chi connectivity index (χ1n) is 8.67. The van der Waals surface area contributed by atoms with Crippen LogP contribution in [0.25, 0.3) is 0 Å². The molecule has 6 heteroatoms. The monoisotopic (exact) mass is 338 g/mol. The maximum Gasteiger partial charge on any atom is 0.222 e. The van der Waals surface area contributed by atoms with Crippen molar-refractivity contribution >= 4 is 18.1 Å². The topological polar surface area (TPSA) is 53.9 Å². The molecule has 23 heavy (non-hydrogen) atoms. The van der Waals surface area contributed by atoms with Crippen LogP contribution in [-0.4, -0.2) is 38.7 Å². The molecule has 1 amide bonds. The highest BCUT2D eigenvalue weighted by Gasteiger charge is 2.30. The predicted molar refractivity (Wildman–Crippen MR) is 94.9 cm³/mol. The minimum Gasteiger partial charge on any atom is -0.342 e. The summed E-state index contributed by atoms with van der Waals surface area (Å²) in [6.45, 7) is 13.3. The van der Waals surface area contributed by atoms with Crippen molar-refractivity contribution in [3.8, 4) is 0 Å². The highest BCUT2D eigenvalue weighted by molar-refractivity contribution is 7.71. The third-order valence-corrected chi connectivity index (χ3v) is 5.51. The number of piperidine rings is 1. The number of likely N-dealkylation sites (tertiary alicyclic amines) is 1. The van der Waals surface area contributed by atoms with E-state index in [4.69, 9.17) is 12.2 Å². The predicted octanol–water partition coefficient (Wildman–Crippen LogP) is 3.74. The number of aromatic nitrogens is 3. The van der Waals surface area contributed by atoms with Crippen molar-refractivity contribution < 1.29 is 4.79 Å². The molecule has 5 nitrogen and oxygen atoms in total. The Morgan fingerprint density at radius 3 is 2.78 bits per heavy atom. The fraction of sp³-hybridized carbons (Fsp3) is 0.824. The van der Waals surface area contributed by atoms with Gasteiger partial charge in [0, 0.05) is 32.0 Å². The Kier molecular flexibility index (Phi) is 5.65. The van der Waals surface area contributed by atoms with Gasteiger partial charge in [0.15, 0.2) is 4.77 Å². The molecule has 0 bridgehead atoms. The van der Waals surface area contributed by atoms with Crippen LogP contribution in [0.3, 0.4) is 0 Å². The molecule has 2 rings (SSSR count). The van der Waals surface area contributed by atoms with Gasteiger partial charge in [0.25, 0.3) is 0 Å². The summed E-state index contributed by atoms with van der Waals surface area (Å²) in [4.78, 5) is 14.7. The Hall–Kier alpha value is -1.17. The summed E-state index contributed by atoms with van der Waals surface area (Å²) in [5, 5.41) is 7.31. The number of amides is 1. The van der Waals surface area contributed by atoms with Gasteiger partial charge in [0.2, 0.25) is 5.91 Å². The van der Waals surface area contributed by atoms with Gasteiger partial charge in [0.05, 0.1) is 0 Å². The second-order valence-corrected chi connectivity index (χ2v) is 8.17. The molecular formula is C17H30N4OS. The Morgan fingerprint density at radius 2 is 2.17 bits per heavy atom. The maximum atomic E-state index is 12.7. The van der Waals surface area contributed by atoms with Crippen LogP contribution in [0.1, 0.15) is 65.6 Å². The molecule has 2 heterocycles. The number of carbonyl (C=O) groups is 1. The number of H-pyrrole nitrogens is 1.